The molecule has 1 saturated heterocycles. The zero-order chi connectivity index (χ0) is 15.1. The third-order valence-corrected chi connectivity index (χ3v) is 5.45. The maximum Gasteiger partial charge on any atom is 0.308 e. The number of carbonyl (C=O) groups excluding carboxylic acids is 1. The largest absolute Gasteiger partial charge is 0.481 e. The van der Waals surface area contributed by atoms with Gasteiger partial charge < -0.3 is 10.0 Å². The number of likely N-dealkylation sites (N-methyl/N-ethyl adjacent to an activating group) is 1. The second-order valence-electron chi connectivity index (χ2n) is 5.76. The average molecular weight is 304 g/mol. The Bertz CT molecular complexity index is 514. The lowest BCUT2D eigenvalue weighted by Gasteiger charge is -2.20. The Kier molecular flexibility index (Phi) is 4.06. The highest BCUT2D eigenvalue weighted by Gasteiger charge is 2.46. The fourth-order valence-electron chi connectivity index (χ4n) is 2.70. The van der Waals surface area contributed by atoms with Crippen LogP contribution in [0.2, 0.25) is 0 Å². The summed E-state index contributed by atoms with van der Waals surface area (Å²) in [5, 5.41) is 9.23. The topological polar surface area (TPSA) is 95.0 Å². The highest BCUT2D eigenvalue weighted by atomic mass is 32.2. The van der Waals surface area contributed by atoms with E-state index in [-0.39, 0.29) is 24.9 Å². The lowest BCUT2D eigenvalue weighted by Crippen LogP contribution is -2.40. The molecule has 0 bridgehead atoms. The number of carbonyl (C=O) groups is 2. The second kappa shape index (κ2) is 5.33. The van der Waals surface area contributed by atoms with Gasteiger partial charge in [-0.05, 0) is 24.7 Å². The first-order valence-corrected chi connectivity index (χ1v) is 8.47. The predicted octanol–water partition coefficient (Wildman–Crippen LogP) is -0.553. The van der Waals surface area contributed by atoms with Gasteiger partial charge in [0.25, 0.3) is 0 Å². The molecule has 0 unspecified atom stereocenters. The van der Waals surface area contributed by atoms with E-state index in [1.54, 1.807) is 0 Å². The van der Waals surface area contributed by atoms with Crippen molar-refractivity contribution in [3.63, 3.8) is 0 Å². The van der Waals surface area contributed by atoms with Crippen molar-refractivity contribution in [2.75, 3.05) is 32.9 Å². The molecule has 0 radical (unpaired) electrons. The third-order valence-electron chi connectivity index (χ3n) is 4.19. The third kappa shape index (κ3) is 3.29. The minimum atomic E-state index is -3.41. The summed E-state index contributed by atoms with van der Waals surface area (Å²) in [5.41, 5.74) is 0. The minimum Gasteiger partial charge on any atom is -0.481 e. The van der Waals surface area contributed by atoms with Crippen LogP contribution in [-0.4, -0.2) is 67.5 Å². The Morgan fingerprint density at radius 1 is 1.30 bits per heavy atom. The van der Waals surface area contributed by atoms with Crippen LogP contribution >= 0.6 is 0 Å². The maximum atomic E-state index is 12.1. The van der Waals surface area contributed by atoms with Crippen molar-refractivity contribution in [2.45, 2.75) is 12.8 Å². The molecule has 2 fully saturated rings. The van der Waals surface area contributed by atoms with Crippen LogP contribution < -0.4 is 0 Å². The summed E-state index contributed by atoms with van der Waals surface area (Å²) < 4.78 is 23.6. The highest BCUT2D eigenvalue weighted by Crippen LogP contribution is 2.44. The van der Waals surface area contributed by atoms with Gasteiger partial charge in [-0.25, -0.2) is 8.42 Å². The van der Waals surface area contributed by atoms with Crippen molar-refractivity contribution in [1.29, 1.82) is 0 Å². The molecular formula is C12H20N2O5S. The molecule has 0 spiro atoms. The van der Waals surface area contributed by atoms with Gasteiger partial charge in [0.1, 0.15) is 0 Å². The van der Waals surface area contributed by atoms with E-state index in [1.807, 2.05) is 0 Å². The van der Waals surface area contributed by atoms with Crippen molar-refractivity contribution >= 4 is 21.9 Å². The first-order valence-electron chi connectivity index (χ1n) is 6.62. The normalized spacial score (nSPS) is 27.1. The Labute approximate surface area is 118 Å². The Morgan fingerprint density at radius 2 is 1.90 bits per heavy atom. The number of aliphatic carboxylic acids is 1. The Morgan fingerprint density at radius 3 is 2.35 bits per heavy atom. The second-order valence-corrected chi connectivity index (χ2v) is 7.85. The number of sulfonamides is 1. The zero-order valence-electron chi connectivity index (χ0n) is 11.7. The molecule has 1 aliphatic carbocycles. The van der Waals surface area contributed by atoms with Crippen molar-refractivity contribution in [3.8, 4) is 0 Å². The van der Waals surface area contributed by atoms with Gasteiger partial charge in [-0.2, -0.15) is 4.31 Å². The van der Waals surface area contributed by atoms with Gasteiger partial charge in [-0.15, -0.1) is 0 Å². The molecule has 0 aromatic carbocycles. The number of rotatable bonds is 5. The smallest absolute Gasteiger partial charge is 0.308 e. The lowest BCUT2D eigenvalue weighted by molar-refractivity contribution is -0.142. The molecule has 1 aliphatic heterocycles. The summed E-state index contributed by atoms with van der Waals surface area (Å²) in [4.78, 5) is 24.8. The van der Waals surface area contributed by atoms with Crippen molar-refractivity contribution in [2.24, 2.45) is 17.8 Å². The molecule has 8 heteroatoms. The van der Waals surface area contributed by atoms with Crippen LogP contribution in [0, 0.1) is 17.8 Å². The number of likely N-dealkylation sites (tertiary alicyclic amines) is 1. The zero-order valence-corrected chi connectivity index (χ0v) is 12.5. The SMILES string of the molecule is CN(CC(=O)N1C[C@H](C(=O)O)[C@@H](C2CC2)C1)S(C)(=O)=O. The van der Waals surface area contributed by atoms with E-state index >= 15 is 0 Å². The molecule has 1 saturated carbocycles. The van der Waals surface area contributed by atoms with Crippen LogP contribution in [0.5, 0.6) is 0 Å². The number of amides is 1. The molecule has 1 N–H and O–H groups in total. The molecule has 2 atom stereocenters. The van der Waals surface area contributed by atoms with E-state index < -0.39 is 21.9 Å². The molecule has 114 valence electrons. The summed E-state index contributed by atoms with van der Waals surface area (Å²) >= 11 is 0. The number of nitrogens with zero attached hydrogens (tertiary/aromatic N) is 2. The number of hydrogen-bond acceptors (Lipinski definition) is 4. The van der Waals surface area contributed by atoms with Crippen LogP contribution in [0.3, 0.4) is 0 Å². The molecule has 2 rings (SSSR count). The summed E-state index contributed by atoms with van der Waals surface area (Å²) in [6, 6.07) is 0. The molecule has 20 heavy (non-hydrogen) atoms. The van der Waals surface area contributed by atoms with Gasteiger partial charge in [-0.3, -0.25) is 9.59 Å². The van der Waals surface area contributed by atoms with Crippen molar-refractivity contribution in [1.82, 2.24) is 9.21 Å². The van der Waals surface area contributed by atoms with Gasteiger partial charge in [0, 0.05) is 20.1 Å². The minimum absolute atomic E-state index is 0.0139. The molecule has 1 amide bonds. The predicted molar refractivity (Wildman–Crippen MR) is 71.4 cm³/mol. The van der Waals surface area contributed by atoms with Crippen molar-refractivity contribution < 1.29 is 23.1 Å². The van der Waals surface area contributed by atoms with Crippen molar-refractivity contribution in [3.05, 3.63) is 0 Å². The van der Waals surface area contributed by atoms with Gasteiger partial charge in [-0.1, -0.05) is 0 Å². The van der Waals surface area contributed by atoms with E-state index in [0.717, 1.165) is 23.4 Å². The maximum absolute atomic E-state index is 12.1. The summed E-state index contributed by atoms with van der Waals surface area (Å²) in [6.07, 6.45) is 3.09. The van der Waals surface area contributed by atoms with E-state index in [4.69, 9.17) is 0 Å². The van der Waals surface area contributed by atoms with Gasteiger partial charge in [0.05, 0.1) is 18.7 Å². The fourth-order valence-corrected chi connectivity index (χ4v) is 3.05. The van der Waals surface area contributed by atoms with Gasteiger partial charge >= 0.3 is 5.97 Å². The number of carboxylic acids is 1. The Balaban J connectivity index is 1.99. The molecule has 2 aliphatic rings. The van der Waals surface area contributed by atoms with Crippen LogP contribution in [0.25, 0.3) is 0 Å². The summed E-state index contributed by atoms with van der Waals surface area (Å²) in [6.45, 7) is 0.383. The van der Waals surface area contributed by atoms with E-state index in [1.165, 1.54) is 11.9 Å². The van der Waals surface area contributed by atoms with Gasteiger partial charge in [0.15, 0.2) is 0 Å². The quantitative estimate of drug-likeness (QED) is 0.735. The summed E-state index contributed by atoms with van der Waals surface area (Å²) in [7, 11) is -2.06. The molecular weight excluding hydrogens is 284 g/mol. The first-order chi connectivity index (χ1) is 9.20. The standard InChI is InChI=1S/C12H20N2O5S/c1-13(20(2,18)19)7-11(15)14-5-9(8-3-4-8)10(6-14)12(16)17/h8-10H,3-7H2,1-2H3,(H,16,17)/t9-,10+/m1/s1. The summed E-state index contributed by atoms with van der Waals surface area (Å²) in [5.74, 6) is -1.29. The molecule has 0 aromatic rings. The van der Waals surface area contributed by atoms with Crippen LogP contribution in [0.15, 0.2) is 0 Å². The monoisotopic (exact) mass is 304 g/mol. The molecule has 0 aromatic heterocycles. The number of carboxylic acid groups (broad SMARTS) is 1. The van der Waals surface area contributed by atoms with Crippen LogP contribution in [-0.2, 0) is 19.6 Å². The highest BCUT2D eigenvalue weighted by molar-refractivity contribution is 7.88. The van der Waals surface area contributed by atoms with Crippen LogP contribution in [0.1, 0.15) is 12.8 Å². The van der Waals surface area contributed by atoms with Crippen LogP contribution in [0.4, 0.5) is 0 Å². The van der Waals surface area contributed by atoms with E-state index in [0.29, 0.717) is 12.5 Å². The first kappa shape index (κ1) is 15.2. The Hall–Kier alpha value is -1.15. The molecule has 7 nitrogen and oxygen atoms in total. The fraction of sp³-hybridized carbons (Fsp3) is 0.833. The lowest BCUT2D eigenvalue weighted by atomic mass is 9.92. The van der Waals surface area contributed by atoms with E-state index in [2.05, 4.69) is 0 Å². The molecule has 1 heterocycles. The average Bonchev–Trinajstić information content (AvgIpc) is 3.06. The van der Waals surface area contributed by atoms with E-state index in [9.17, 15) is 23.1 Å². The number of hydrogen-bond donors (Lipinski definition) is 1. The van der Waals surface area contributed by atoms with Gasteiger partial charge in [0.2, 0.25) is 15.9 Å².